The van der Waals surface area contributed by atoms with Crippen LogP contribution in [0.5, 0.6) is 0 Å². The number of nitrogens with zero attached hydrogens (tertiary/aromatic N) is 1. The van der Waals surface area contributed by atoms with E-state index in [0.29, 0.717) is 23.1 Å². The molecule has 0 aromatic heterocycles. The highest BCUT2D eigenvalue weighted by atomic mass is 19.1. The number of hydrogen-bond acceptors (Lipinski definition) is 5. The largest absolute Gasteiger partial charge is 0.465 e. The molecule has 1 fully saturated rings. The molecule has 6 nitrogen and oxygen atoms in total. The van der Waals surface area contributed by atoms with E-state index < -0.39 is 35.4 Å². The number of likely N-dealkylation sites (tertiary alicyclic amines) is 1. The second-order valence-electron chi connectivity index (χ2n) is 6.89. The van der Waals surface area contributed by atoms with Crippen LogP contribution >= 0.6 is 0 Å². The molecule has 0 N–H and O–H groups in total. The molecule has 0 radical (unpaired) electrons. The number of Topliss-reactive ketones (excluding diaryl/α,β-unsaturated/α-hetero) is 2. The Labute approximate surface area is 167 Å². The van der Waals surface area contributed by atoms with Gasteiger partial charge in [0, 0.05) is 6.54 Å². The third kappa shape index (κ3) is 4.08. The molecule has 1 aliphatic heterocycles. The number of carbonyl (C=O) groups is 4. The Bertz CT molecular complexity index is 969. The SMILES string of the molecule is COC(=O)c1ccc(C2C(C(C)=O)C(=O)C(=O)N2CCc2cccc(F)c2)cc1. The summed E-state index contributed by atoms with van der Waals surface area (Å²) in [6.07, 6.45) is 0.331. The zero-order valence-electron chi connectivity index (χ0n) is 16.1. The number of carbonyl (C=O) groups excluding carboxylic acids is 4. The van der Waals surface area contributed by atoms with Crippen LogP contribution in [0.4, 0.5) is 4.39 Å². The molecule has 0 bridgehead atoms. The summed E-state index contributed by atoms with van der Waals surface area (Å²) < 4.78 is 18.1. The summed E-state index contributed by atoms with van der Waals surface area (Å²) >= 11 is 0. The first-order chi connectivity index (χ1) is 13.8. The number of halogens is 1. The van der Waals surface area contributed by atoms with E-state index in [1.165, 1.54) is 43.2 Å². The van der Waals surface area contributed by atoms with Crippen molar-refractivity contribution in [2.45, 2.75) is 19.4 Å². The van der Waals surface area contributed by atoms with Gasteiger partial charge in [0.05, 0.1) is 18.7 Å². The summed E-state index contributed by atoms with van der Waals surface area (Å²) in [5.41, 5.74) is 1.56. The number of esters is 1. The lowest BCUT2D eigenvalue weighted by Gasteiger charge is -2.27. The molecule has 1 aliphatic rings. The van der Waals surface area contributed by atoms with Crippen LogP contribution in [0.3, 0.4) is 0 Å². The molecular weight excluding hydrogens is 377 g/mol. The van der Waals surface area contributed by atoms with Crippen molar-refractivity contribution in [2.24, 2.45) is 5.92 Å². The Morgan fingerprint density at radius 1 is 1.10 bits per heavy atom. The van der Waals surface area contributed by atoms with E-state index in [9.17, 15) is 23.6 Å². The Kier molecular flexibility index (Phi) is 5.87. The van der Waals surface area contributed by atoms with E-state index >= 15 is 0 Å². The van der Waals surface area contributed by atoms with E-state index in [1.807, 2.05) is 0 Å². The van der Waals surface area contributed by atoms with Crippen molar-refractivity contribution in [2.75, 3.05) is 13.7 Å². The number of ether oxygens (including phenoxy) is 1. The summed E-state index contributed by atoms with van der Waals surface area (Å²) in [5.74, 6) is -3.90. The van der Waals surface area contributed by atoms with E-state index in [-0.39, 0.29) is 12.4 Å². The molecule has 3 rings (SSSR count). The second kappa shape index (κ2) is 8.34. The highest BCUT2D eigenvalue weighted by Crippen LogP contribution is 2.37. The number of methoxy groups -OCH3 is 1. The van der Waals surface area contributed by atoms with Crippen LogP contribution in [0.2, 0.25) is 0 Å². The van der Waals surface area contributed by atoms with Crippen LogP contribution in [0.1, 0.15) is 34.5 Å². The maximum atomic E-state index is 13.4. The van der Waals surface area contributed by atoms with Gasteiger partial charge < -0.3 is 9.64 Å². The lowest BCUT2D eigenvalue weighted by atomic mass is 9.89. The van der Waals surface area contributed by atoms with Gasteiger partial charge in [-0.1, -0.05) is 24.3 Å². The summed E-state index contributed by atoms with van der Waals surface area (Å²) in [7, 11) is 1.27. The Morgan fingerprint density at radius 3 is 2.38 bits per heavy atom. The van der Waals surface area contributed by atoms with Crippen LogP contribution in [-0.4, -0.2) is 42.0 Å². The third-order valence-electron chi connectivity index (χ3n) is 5.05. The molecule has 29 heavy (non-hydrogen) atoms. The van der Waals surface area contributed by atoms with Crippen molar-refractivity contribution in [3.8, 4) is 0 Å². The molecule has 2 atom stereocenters. The predicted molar refractivity (Wildman–Crippen MR) is 102 cm³/mol. The van der Waals surface area contributed by atoms with Crippen molar-refractivity contribution in [1.29, 1.82) is 0 Å². The van der Waals surface area contributed by atoms with Gasteiger partial charge in [0.25, 0.3) is 5.91 Å². The van der Waals surface area contributed by atoms with E-state index in [2.05, 4.69) is 4.74 Å². The van der Waals surface area contributed by atoms with Crippen LogP contribution in [0, 0.1) is 11.7 Å². The molecule has 0 spiro atoms. The first kappa shape index (κ1) is 20.4. The molecular formula is C22H20FNO5. The first-order valence-corrected chi connectivity index (χ1v) is 9.11. The Hall–Kier alpha value is -3.35. The zero-order chi connectivity index (χ0) is 21.1. The Morgan fingerprint density at radius 2 is 1.79 bits per heavy atom. The molecule has 1 amide bonds. The smallest absolute Gasteiger partial charge is 0.337 e. The number of hydrogen-bond donors (Lipinski definition) is 0. The molecule has 1 saturated heterocycles. The van der Waals surface area contributed by atoms with Gasteiger partial charge in [-0.15, -0.1) is 0 Å². The highest BCUT2D eigenvalue weighted by Gasteiger charge is 2.49. The zero-order valence-corrected chi connectivity index (χ0v) is 16.1. The fourth-order valence-corrected chi connectivity index (χ4v) is 3.62. The second-order valence-corrected chi connectivity index (χ2v) is 6.89. The normalized spacial score (nSPS) is 18.8. The lowest BCUT2D eigenvalue weighted by Crippen LogP contribution is -2.32. The summed E-state index contributed by atoms with van der Waals surface area (Å²) in [4.78, 5) is 50.2. The van der Waals surface area contributed by atoms with Crippen LogP contribution in [0.15, 0.2) is 48.5 Å². The van der Waals surface area contributed by atoms with Gasteiger partial charge in [0.15, 0.2) is 0 Å². The minimum Gasteiger partial charge on any atom is -0.465 e. The average Bonchev–Trinajstić information content (AvgIpc) is 2.96. The first-order valence-electron chi connectivity index (χ1n) is 9.11. The molecule has 150 valence electrons. The van der Waals surface area contributed by atoms with Gasteiger partial charge in [-0.25, -0.2) is 9.18 Å². The highest BCUT2D eigenvalue weighted by molar-refractivity contribution is 6.42. The van der Waals surface area contributed by atoms with Crippen molar-refractivity contribution in [3.05, 3.63) is 71.0 Å². The van der Waals surface area contributed by atoms with Crippen molar-refractivity contribution in [3.63, 3.8) is 0 Å². The quantitative estimate of drug-likeness (QED) is 0.425. The summed E-state index contributed by atoms with van der Waals surface area (Å²) in [6, 6.07) is 11.5. The van der Waals surface area contributed by atoms with Crippen LogP contribution in [0.25, 0.3) is 0 Å². The lowest BCUT2D eigenvalue weighted by molar-refractivity contribution is -0.142. The summed E-state index contributed by atoms with van der Waals surface area (Å²) in [5, 5.41) is 0. The van der Waals surface area contributed by atoms with E-state index in [0.717, 1.165) is 0 Å². The van der Waals surface area contributed by atoms with Crippen molar-refractivity contribution in [1.82, 2.24) is 4.90 Å². The van der Waals surface area contributed by atoms with Crippen molar-refractivity contribution < 1.29 is 28.3 Å². The van der Waals surface area contributed by atoms with Gasteiger partial charge in [0.1, 0.15) is 17.5 Å². The summed E-state index contributed by atoms with van der Waals surface area (Å²) in [6.45, 7) is 1.43. The van der Waals surface area contributed by atoms with E-state index in [4.69, 9.17) is 0 Å². The van der Waals surface area contributed by atoms with Crippen LogP contribution in [-0.2, 0) is 25.5 Å². The maximum absolute atomic E-state index is 13.4. The number of amides is 1. The molecule has 1 heterocycles. The Balaban J connectivity index is 1.92. The van der Waals surface area contributed by atoms with Gasteiger partial charge in [-0.05, 0) is 48.7 Å². The third-order valence-corrected chi connectivity index (χ3v) is 5.05. The fraction of sp³-hybridized carbons (Fsp3) is 0.273. The van der Waals surface area contributed by atoms with Crippen LogP contribution < -0.4 is 0 Å². The fourth-order valence-electron chi connectivity index (χ4n) is 3.62. The number of ketones is 2. The minimum atomic E-state index is -1.11. The average molecular weight is 397 g/mol. The molecule has 2 aromatic rings. The maximum Gasteiger partial charge on any atom is 0.337 e. The van der Waals surface area contributed by atoms with E-state index in [1.54, 1.807) is 24.3 Å². The molecule has 0 aliphatic carbocycles. The molecule has 2 aromatic carbocycles. The van der Waals surface area contributed by atoms with Crippen molar-refractivity contribution >= 4 is 23.4 Å². The van der Waals surface area contributed by atoms with Gasteiger partial charge in [-0.2, -0.15) is 0 Å². The van der Waals surface area contributed by atoms with Gasteiger partial charge in [-0.3, -0.25) is 14.4 Å². The van der Waals surface area contributed by atoms with Gasteiger partial charge in [0.2, 0.25) is 5.78 Å². The molecule has 0 saturated carbocycles. The molecule has 2 unspecified atom stereocenters. The number of rotatable bonds is 6. The minimum absolute atomic E-state index is 0.154. The predicted octanol–water partition coefficient (Wildman–Crippen LogP) is 2.51. The number of benzene rings is 2. The standard InChI is InChI=1S/C22H20FNO5/c1-13(25)18-19(15-6-8-16(9-7-15)22(28)29-2)24(21(27)20(18)26)11-10-14-4-3-5-17(23)12-14/h3-9,12,18-19H,10-11H2,1-2H3. The monoisotopic (exact) mass is 397 g/mol. The molecule has 7 heteroatoms. The van der Waals surface area contributed by atoms with Gasteiger partial charge >= 0.3 is 5.97 Å². The topological polar surface area (TPSA) is 80.8 Å².